The van der Waals surface area contributed by atoms with Crippen LogP contribution in [0.25, 0.3) is 0 Å². The molecule has 20 heavy (non-hydrogen) atoms. The van der Waals surface area contributed by atoms with E-state index in [-0.39, 0.29) is 17.8 Å². The molecular weight excluding hydrogens is 274 g/mol. The van der Waals surface area contributed by atoms with E-state index >= 15 is 0 Å². The smallest absolute Gasteiger partial charge is 0.119 e. The molecule has 4 heteroatoms. The van der Waals surface area contributed by atoms with Gasteiger partial charge in [-0.2, -0.15) is 0 Å². The maximum absolute atomic E-state index is 11.2. The van der Waals surface area contributed by atoms with E-state index in [4.69, 9.17) is 5.73 Å². The molecule has 0 amide bonds. The third-order valence-corrected chi connectivity index (χ3v) is 5.32. The molecule has 0 bridgehead atoms. The van der Waals surface area contributed by atoms with Gasteiger partial charge in [0.2, 0.25) is 0 Å². The van der Waals surface area contributed by atoms with Crippen molar-refractivity contribution in [1.29, 1.82) is 0 Å². The molecule has 0 unspecified atom stereocenters. The third kappa shape index (κ3) is 2.03. The molecule has 3 nitrogen and oxygen atoms in total. The van der Waals surface area contributed by atoms with Crippen molar-refractivity contribution in [2.45, 2.75) is 56.0 Å². The first kappa shape index (κ1) is 15.6. The van der Waals surface area contributed by atoms with Crippen molar-refractivity contribution < 1.29 is 10.2 Å². The van der Waals surface area contributed by atoms with E-state index in [2.05, 4.69) is 6.07 Å². The first-order chi connectivity index (χ1) is 9.13. The zero-order valence-electron chi connectivity index (χ0n) is 11.8. The Labute approximate surface area is 126 Å². The van der Waals surface area contributed by atoms with Gasteiger partial charge in [0.15, 0.2) is 0 Å². The molecule has 2 aliphatic carbocycles. The molecule has 0 saturated heterocycles. The second kappa shape index (κ2) is 5.55. The predicted molar refractivity (Wildman–Crippen MR) is 82.4 cm³/mol. The van der Waals surface area contributed by atoms with Crippen LogP contribution in [0.15, 0.2) is 18.2 Å². The normalized spacial score (nSPS) is 31.9. The molecule has 3 rings (SSSR count). The SMILES string of the molecule is Cl.NCC[C@@]12CCCC[C@]1(O)CCc1cccc(O)c12. The molecule has 1 aromatic carbocycles. The molecule has 0 heterocycles. The summed E-state index contributed by atoms with van der Waals surface area (Å²) in [6.45, 7) is 0.552. The van der Waals surface area contributed by atoms with Crippen molar-refractivity contribution >= 4 is 12.4 Å². The summed E-state index contributed by atoms with van der Waals surface area (Å²) in [6, 6.07) is 5.73. The zero-order valence-corrected chi connectivity index (χ0v) is 12.6. The number of benzene rings is 1. The molecule has 1 saturated carbocycles. The zero-order chi connectivity index (χ0) is 13.5. The number of hydrogen-bond donors (Lipinski definition) is 3. The Morgan fingerprint density at radius 3 is 2.65 bits per heavy atom. The Hall–Kier alpha value is -0.770. The van der Waals surface area contributed by atoms with Gasteiger partial charge in [-0.05, 0) is 50.3 Å². The van der Waals surface area contributed by atoms with Crippen molar-refractivity contribution in [3.05, 3.63) is 29.3 Å². The average molecular weight is 298 g/mol. The molecule has 0 spiro atoms. The van der Waals surface area contributed by atoms with Crippen LogP contribution in [-0.2, 0) is 11.8 Å². The van der Waals surface area contributed by atoms with Gasteiger partial charge in [-0.25, -0.2) is 0 Å². The van der Waals surface area contributed by atoms with E-state index in [0.29, 0.717) is 12.3 Å². The molecular formula is C16H24ClNO2. The molecule has 1 aromatic rings. The summed E-state index contributed by atoms with van der Waals surface area (Å²) in [7, 11) is 0. The first-order valence-electron chi connectivity index (χ1n) is 7.37. The summed E-state index contributed by atoms with van der Waals surface area (Å²) in [5, 5.41) is 21.5. The molecule has 0 aliphatic heterocycles. The van der Waals surface area contributed by atoms with Gasteiger partial charge in [-0.1, -0.05) is 25.0 Å². The number of phenolic OH excluding ortho intramolecular Hbond substituents is 1. The fourth-order valence-electron chi connectivity index (χ4n) is 4.46. The summed E-state index contributed by atoms with van der Waals surface area (Å²) in [6.07, 6.45) is 6.36. The fraction of sp³-hybridized carbons (Fsp3) is 0.625. The Bertz CT molecular complexity index is 489. The lowest BCUT2D eigenvalue weighted by Gasteiger charge is -2.54. The summed E-state index contributed by atoms with van der Waals surface area (Å²) in [5.41, 5.74) is 6.99. The molecule has 0 radical (unpaired) electrons. The summed E-state index contributed by atoms with van der Waals surface area (Å²) in [4.78, 5) is 0. The maximum Gasteiger partial charge on any atom is 0.119 e. The van der Waals surface area contributed by atoms with Crippen molar-refractivity contribution in [2.75, 3.05) is 6.54 Å². The minimum absolute atomic E-state index is 0. The van der Waals surface area contributed by atoms with Crippen LogP contribution in [-0.4, -0.2) is 22.4 Å². The lowest BCUT2D eigenvalue weighted by Crippen LogP contribution is -2.57. The molecule has 112 valence electrons. The fourth-order valence-corrected chi connectivity index (χ4v) is 4.46. The van der Waals surface area contributed by atoms with Gasteiger partial charge in [-0.3, -0.25) is 0 Å². The largest absolute Gasteiger partial charge is 0.508 e. The van der Waals surface area contributed by atoms with Gasteiger partial charge in [0, 0.05) is 11.0 Å². The molecule has 0 aromatic heterocycles. The second-order valence-electron chi connectivity index (χ2n) is 6.17. The summed E-state index contributed by atoms with van der Waals surface area (Å²) in [5.74, 6) is 0.339. The van der Waals surface area contributed by atoms with Crippen LogP contribution in [0.3, 0.4) is 0 Å². The van der Waals surface area contributed by atoms with Gasteiger partial charge in [0.1, 0.15) is 5.75 Å². The monoisotopic (exact) mass is 297 g/mol. The van der Waals surface area contributed by atoms with E-state index in [9.17, 15) is 10.2 Å². The predicted octanol–water partition coefficient (Wildman–Crippen LogP) is 2.65. The number of aromatic hydroxyl groups is 1. The maximum atomic E-state index is 11.2. The van der Waals surface area contributed by atoms with Crippen LogP contribution in [0.5, 0.6) is 5.75 Å². The van der Waals surface area contributed by atoms with E-state index in [1.54, 1.807) is 6.07 Å². The van der Waals surface area contributed by atoms with Crippen molar-refractivity contribution in [3.8, 4) is 5.75 Å². The number of rotatable bonds is 2. The topological polar surface area (TPSA) is 66.5 Å². The van der Waals surface area contributed by atoms with Crippen LogP contribution < -0.4 is 5.73 Å². The Morgan fingerprint density at radius 2 is 1.90 bits per heavy atom. The number of phenols is 1. The van der Waals surface area contributed by atoms with Crippen molar-refractivity contribution in [2.24, 2.45) is 5.73 Å². The number of aryl methyl sites for hydroxylation is 1. The summed E-state index contributed by atoms with van der Waals surface area (Å²) >= 11 is 0. The first-order valence-corrected chi connectivity index (χ1v) is 7.37. The highest BCUT2D eigenvalue weighted by atomic mass is 35.5. The number of hydrogen-bond acceptors (Lipinski definition) is 3. The van der Waals surface area contributed by atoms with E-state index in [1.165, 1.54) is 5.56 Å². The van der Waals surface area contributed by atoms with Crippen LogP contribution in [0.1, 0.15) is 49.7 Å². The molecule has 2 aliphatic rings. The van der Waals surface area contributed by atoms with E-state index < -0.39 is 5.60 Å². The lowest BCUT2D eigenvalue weighted by atomic mass is 9.53. The summed E-state index contributed by atoms with van der Waals surface area (Å²) < 4.78 is 0. The van der Waals surface area contributed by atoms with E-state index in [0.717, 1.165) is 50.5 Å². The highest BCUT2D eigenvalue weighted by Gasteiger charge is 2.55. The van der Waals surface area contributed by atoms with Gasteiger partial charge >= 0.3 is 0 Å². The quantitative estimate of drug-likeness (QED) is 0.786. The van der Waals surface area contributed by atoms with Gasteiger partial charge in [0.05, 0.1) is 5.60 Å². The molecule has 1 fully saturated rings. The Balaban J connectivity index is 0.00000147. The van der Waals surface area contributed by atoms with Crippen LogP contribution in [0.2, 0.25) is 0 Å². The minimum Gasteiger partial charge on any atom is -0.508 e. The highest BCUT2D eigenvalue weighted by molar-refractivity contribution is 5.85. The van der Waals surface area contributed by atoms with Crippen LogP contribution in [0.4, 0.5) is 0 Å². The van der Waals surface area contributed by atoms with Crippen molar-refractivity contribution in [3.63, 3.8) is 0 Å². The second-order valence-corrected chi connectivity index (χ2v) is 6.17. The van der Waals surface area contributed by atoms with Gasteiger partial charge in [0.25, 0.3) is 0 Å². The number of fused-ring (bicyclic) bond motifs is 3. The molecule has 4 N–H and O–H groups in total. The standard InChI is InChI=1S/C16H23NO2.ClH/c17-11-10-15-7-1-2-8-16(15,19)9-6-12-4-3-5-13(18)14(12)15;/h3-5,18-19H,1-2,6-11,17H2;1H/t15-,16+;/m1./s1. The van der Waals surface area contributed by atoms with Gasteiger partial charge < -0.3 is 15.9 Å². The Morgan fingerprint density at radius 1 is 1.15 bits per heavy atom. The van der Waals surface area contributed by atoms with Crippen molar-refractivity contribution in [1.82, 2.24) is 0 Å². The Kier molecular flexibility index (Phi) is 4.33. The lowest BCUT2D eigenvalue weighted by molar-refractivity contribution is -0.0870. The van der Waals surface area contributed by atoms with Crippen LogP contribution in [0, 0.1) is 0 Å². The number of aliphatic hydroxyl groups is 1. The highest BCUT2D eigenvalue weighted by Crippen LogP contribution is 2.56. The third-order valence-electron chi connectivity index (χ3n) is 5.32. The van der Waals surface area contributed by atoms with Crippen LogP contribution >= 0.6 is 12.4 Å². The average Bonchev–Trinajstić information content (AvgIpc) is 2.40. The molecule has 2 atom stereocenters. The number of halogens is 1. The minimum atomic E-state index is -0.684. The van der Waals surface area contributed by atoms with E-state index in [1.807, 2.05) is 6.07 Å². The number of nitrogens with two attached hydrogens (primary N) is 1. The van der Waals surface area contributed by atoms with Gasteiger partial charge in [-0.15, -0.1) is 12.4 Å².